The molecule has 0 saturated carbocycles. The molecule has 1 aromatic heterocycles. The maximum Gasteiger partial charge on any atom is 0.330 e. The summed E-state index contributed by atoms with van der Waals surface area (Å²) in [6, 6.07) is 4.88. The van der Waals surface area contributed by atoms with Crippen molar-refractivity contribution < 1.29 is 14.5 Å². The second kappa shape index (κ2) is 5.92. The van der Waals surface area contributed by atoms with Crippen LogP contribution in [-0.2, 0) is 9.53 Å². The molecular weight excluding hydrogens is 260 g/mol. The van der Waals surface area contributed by atoms with E-state index in [1.54, 1.807) is 31.3 Å². The largest absolute Gasteiger partial charge is 0.463 e. The molecule has 0 saturated heterocycles. The lowest BCUT2D eigenvalue weighted by Crippen LogP contribution is -1.99. The van der Waals surface area contributed by atoms with E-state index >= 15 is 0 Å². The van der Waals surface area contributed by atoms with Gasteiger partial charge in [-0.1, -0.05) is 6.07 Å². The maximum absolute atomic E-state index is 11.3. The van der Waals surface area contributed by atoms with Gasteiger partial charge in [0.05, 0.1) is 22.5 Å². The number of carbonyl (C=O) groups excluding carboxylic acids is 1. The summed E-state index contributed by atoms with van der Waals surface area (Å²) in [5, 5.41) is 12.4. The average molecular weight is 272 g/mol. The van der Waals surface area contributed by atoms with Crippen molar-refractivity contribution in [1.82, 2.24) is 4.98 Å². The Morgan fingerprint density at radius 1 is 1.45 bits per heavy atom. The molecule has 0 N–H and O–H groups in total. The number of nitro groups is 1. The van der Waals surface area contributed by atoms with Crippen LogP contribution in [0.25, 0.3) is 16.8 Å². The molecule has 0 unspecified atom stereocenters. The highest BCUT2D eigenvalue weighted by Crippen LogP contribution is 2.29. The minimum Gasteiger partial charge on any atom is -0.463 e. The van der Waals surface area contributed by atoms with Crippen molar-refractivity contribution in [3.05, 3.63) is 52.3 Å². The molecule has 0 bridgehead atoms. The maximum atomic E-state index is 11.3. The van der Waals surface area contributed by atoms with Gasteiger partial charge in [-0.2, -0.15) is 0 Å². The summed E-state index contributed by atoms with van der Waals surface area (Å²) in [7, 11) is 0. The fourth-order valence-corrected chi connectivity index (χ4v) is 1.86. The summed E-state index contributed by atoms with van der Waals surface area (Å²) in [6.07, 6.45) is 5.62. The van der Waals surface area contributed by atoms with Crippen LogP contribution in [0.15, 0.2) is 36.7 Å². The van der Waals surface area contributed by atoms with Gasteiger partial charge in [0.2, 0.25) is 0 Å². The molecule has 6 heteroatoms. The number of hydrogen-bond donors (Lipinski definition) is 0. The number of esters is 1. The van der Waals surface area contributed by atoms with Crippen LogP contribution < -0.4 is 0 Å². The number of ether oxygens (including phenoxy) is 1. The predicted molar refractivity (Wildman–Crippen MR) is 74.1 cm³/mol. The van der Waals surface area contributed by atoms with Gasteiger partial charge in [-0.15, -0.1) is 0 Å². The quantitative estimate of drug-likeness (QED) is 0.370. The van der Waals surface area contributed by atoms with Gasteiger partial charge in [-0.25, -0.2) is 4.79 Å². The van der Waals surface area contributed by atoms with Crippen molar-refractivity contribution in [3.63, 3.8) is 0 Å². The van der Waals surface area contributed by atoms with Gasteiger partial charge in [-0.3, -0.25) is 15.1 Å². The van der Waals surface area contributed by atoms with E-state index in [2.05, 4.69) is 4.98 Å². The van der Waals surface area contributed by atoms with Crippen LogP contribution in [0.2, 0.25) is 0 Å². The smallest absolute Gasteiger partial charge is 0.330 e. The van der Waals surface area contributed by atoms with Crippen molar-refractivity contribution in [3.8, 4) is 0 Å². The molecule has 0 amide bonds. The molecule has 102 valence electrons. The summed E-state index contributed by atoms with van der Waals surface area (Å²) >= 11 is 0. The molecular formula is C14H12N2O4. The van der Waals surface area contributed by atoms with E-state index in [0.717, 1.165) is 0 Å². The Bertz CT molecular complexity index is 695. The highest BCUT2D eigenvalue weighted by molar-refractivity contribution is 5.96. The number of hydrogen-bond acceptors (Lipinski definition) is 5. The first-order chi connectivity index (χ1) is 9.63. The van der Waals surface area contributed by atoms with Gasteiger partial charge in [0, 0.05) is 23.9 Å². The molecule has 2 aromatic rings. The molecule has 1 heterocycles. The molecule has 1 aromatic carbocycles. The number of aromatic nitrogens is 1. The first-order valence-corrected chi connectivity index (χ1v) is 5.99. The lowest BCUT2D eigenvalue weighted by Gasteiger charge is -2.02. The third kappa shape index (κ3) is 2.80. The van der Waals surface area contributed by atoms with Gasteiger partial charge < -0.3 is 4.74 Å². The third-order valence-corrected chi connectivity index (χ3v) is 2.69. The number of fused-ring (bicyclic) bond motifs is 1. The summed E-state index contributed by atoms with van der Waals surface area (Å²) in [6.45, 7) is 1.95. The van der Waals surface area contributed by atoms with Crippen LogP contribution in [0.3, 0.4) is 0 Å². The predicted octanol–water partition coefficient (Wildman–Crippen LogP) is 2.72. The Balaban J connectivity index is 2.51. The molecule has 2 rings (SSSR count). The zero-order valence-electron chi connectivity index (χ0n) is 10.8. The van der Waals surface area contributed by atoms with Crippen molar-refractivity contribution >= 4 is 28.5 Å². The molecule has 0 aliphatic heterocycles. The van der Waals surface area contributed by atoms with E-state index in [4.69, 9.17) is 4.74 Å². The monoisotopic (exact) mass is 272 g/mol. The molecule has 0 atom stereocenters. The second-order valence-corrected chi connectivity index (χ2v) is 3.94. The average Bonchev–Trinajstić information content (AvgIpc) is 2.44. The number of rotatable bonds is 4. The van der Waals surface area contributed by atoms with Gasteiger partial charge >= 0.3 is 5.97 Å². The van der Waals surface area contributed by atoms with Crippen LogP contribution >= 0.6 is 0 Å². The number of benzene rings is 1. The minimum absolute atomic E-state index is 0.0505. The lowest BCUT2D eigenvalue weighted by atomic mass is 10.1. The van der Waals surface area contributed by atoms with Gasteiger partial charge in [-0.05, 0) is 25.1 Å². The summed E-state index contributed by atoms with van der Waals surface area (Å²) in [5.41, 5.74) is 0.298. The van der Waals surface area contributed by atoms with E-state index in [1.165, 1.54) is 18.3 Å². The summed E-state index contributed by atoms with van der Waals surface area (Å²) in [5.74, 6) is -0.531. The third-order valence-electron chi connectivity index (χ3n) is 2.69. The number of nitrogens with zero attached hydrogens (tertiary/aromatic N) is 2. The van der Waals surface area contributed by atoms with Crippen molar-refractivity contribution in [2.75, 3.05) is 6.61 Å². The molecule has 20 heavy (non-hydrogen) atoms. The van der Waals surface area contributed by atoms with Crippen molar-refractivity contribution in [2.45, 2.75) is 6.92 Å². The minimum atomic E-state index is -0.531. The molecule has 0 aliphatic carbocycles. The fourth-order valence-electron chi connectivity index (χ4n) is 1.86. The molecule has 0 fully saturated rings. The van der Waals surface area contributed by atoms with E-state index < -0.39 is 10.9 Å². The Morgan fingerprint density at radius 3 is 2.95 bits per heavy atom. The van der Waals surface area contributed by atoms with E-state index in [9.17, 15) is 14.9 Å². The van der Waals surface area contributed by atoms with Gasteiger partial charge in [0.25, 0.3) is 5.69 Å². The van der Waals surface area contributed by atoms with E-state index in [1.807, 2.05) is 0 Å². The number of nitro benzene ring substituents is 1. The highest BCUT2D eigenvalue weighted by Gasteiger charge is 2.16. The molecule has 6 nitrogen and oxygen atoms in total. The van der Waals surface area contributed by atoms with Crippen LogP contribution in [0.4, 0.5) is 5.69 Å². The van der Waals surface area contributed by atoms with Crippen LogP contribution in [-0.4, -0.2) is 22.5 Å². The summed E-state index contributed by atoms with van der Waals surface area (Å²) < 4.78 is 4.75. The zero-order valence-corrected chi connectivity index (χ0v) is 10.8. The van der Waals surface area contributed by atoms with Crippen LogP contribution in [0.5, 0.6) is 0 Å². The second-order valence-electron chi connectivity index (χ2n) is 3.94. The number of carbonyl (C=O) groups is 1. The molecule has 0 aliphatic rings. The molecule has 0 spiro atoms. The first-order valence-electron chi connectivity index (χ1n) is 5.99. The highest BCUT2D eigenvalue weighted by atomic mass is 16.6. The normalized spacial score (nSPS) is 10.8. The van der Waals surface area contributed by atoms with Crippen LogP contribution in [0.1, 0.15) is 12.5 Å². The SMILES string of the molecule is CCOC(=O)/C=C/c1ccc2cnccc2c1[N+](=O)[O-]. The number of pyridine rings is 1. The Labute approximate surface area is 114 Å². The standard InChI is InChI=1S/C14H12N2O4/c1-2-20-13(17)6-5-10-3-4-11-9-15-8-7-12(11)14(10)16(18)19/h3-9H,2H2,1H3/b6-5+. The van der Waals surface area contributed by atoms with E-state index in [-0.39, 0.29) is 12.3 Å². The lowest BCUT2D eigenvalue weighted by molar-refractivity contribution is -0.383. The first kappa shape index (κ1) is 13.7. The Morgan fingerprint density at radius 2 is 2.25 bits per heavy atom. The topological polar surface area (TPSA) is 82.3 Å². The Hall–Kier alpha value is -2.76. The van der Waals surface area contributed by atoms with Gasteiger partial charge in [0.15, 0.2) is 0 Å². The van der Waals surface area contributed by atoms with Crippen molar-refractivity contribution in [1.29, 1.82) is 0 Å². The summed E-state index contributed by atoms with van der Waals surface area (Å²) in [4.78, 5) is 26.0. The van der Waals surface area contributed by atoms with E-state index in [0.29, 0.717) is 16.3 Å². The van der Waals surface area contributed by atoms with Crippen LogP contribution in [0, 0.1) is 10.1 Å². The molecule has 0 radical (unpaired) electrons. The Kier molecular flexibility index (Phi) is 4.05. The van der Waals surface area contributed by atoms with Crippen molar-refractivity contribution in [2.24, 2.45) is 0 Å². The van der Waals surface area contributed by atoms with Gasteiger partial charge in [0.1, 0.15) is 0 Å². The zero-order chi connectivity index (χ0) is 14.5. The fraction of sp³-hybridized carbons (Fsp3) is 0.143.